The number of H-pyrrole nitrogens is 1. The SMILES string of the molecule is CCOC(=O)CC(O)c1cccc2[nH]c(CCc3ccccc3)nc12. The predicted molar refractivity (Wildman–Crippen MR) is 96.2 cm³/mol. The van der Waals surface area contributed by atoms with Crippen LogP contribution in [0.4, 0.5) is 0 Å². The minimum atomic E-state index is -0.923. The maximum atomic E-state index is 11.6. The highest BCUT2D eigenvalue weighted by Crippen LogP contribution is 2.25. The molecule has 0 aliphatic heterocycles. The number of rotatable bonds is 7. The van der Waals surface area contributed by atoms with Crippen molar-refractivity contribution in [2.45, 2.75) is 32.3 Å². The van der Waals surface area contributed by atoms with Gasteiger partial charge >= 0.3 is 5.97 Å². The van der Waals surface area contributed by atoms with E-state index in [4.69, 9.17) is 4.74 Å². The number of carbonyl (C=O) groups excluding carboxylic acids is 1. The minimum absolute atomic E-state index is 0.0703. The fourth-order valence-electron chi connectivity index (χ4n) is 2.89. The molecule has 1 atom stereocenters. The highest BCUT2D eigenvalue weighted by atomic mass is 16.5. The van der Waals surface area contributed by atoms with Gasteiger partial charge in [0.2, 0.25) is 0 Å². The fraction of sp³-hybridized carbons (Fsp3) is 0.300. The Morgan fingerprint density at radius 2 is 1.96 bits per heavy atom. The first-order valence-corrected chi connectivity index (χ1v) is 8.52. The highest BCUT2D eigenvalue weighted by molar-refractivity contribution is 5.80. The molecule has 5 nitrogen and oxygen atoms in total. The van der Waals surface area contributed by atoms with Gasteiger partial charge in [-0.1, -0.05) is 42.5 Å². The normalized spacial score (nSPS) is 12.2. The van der Waals surface area contributed by atoms with Crippen LogP contribution in [0.5, 0.6) is 0 Å². The van der Waals surface area contributed by atoms with Crippen LogP contribution >= 0.6 is 0 Å². The molecule has 1 unspecified atom stereocenters. The molecule has 3 rings (SSSR count). The van der Waals surface area contributed by atoms with Crippen molar-refractivity contribution in [3.05, 3.63) is 65.5 Å². The van der Waals surface area contributed by atoms with Gasteiger partial charge in [0.1, 0.15) is 5.82 Å². The molecule has 0 fully saturated rings. The maximum Gasteiger partial charge on any atom is 0.308 e. The van der Waals surface area contributed by atoms with Gasteiger partial charge < -0.3 is 14.8 Å². The first kappa shape index (κ1) is 17.2. The molecule has 0 radical (unpaired) electrons. The summed E-state index contributed by atoms with van der Waals surface area (Å²) < 4.78 is 4.91. The summed E-state index contributed by atoms with van der Waals surface area (Å²) >= 11 is 0. The maximum absolute atomic E-state index is 11.6. The monoisotopic (exact) mass is 338 g/mol. The van der Waals surface area contributed by atoms with Crippen LogP contribution in [0.3, 0.4) is 0 Å². The lowest BCUT2D eigenvalue weighted by atomic mass is 10.1. The second-order valence-corrected chi connectivity index (χ2v) is 5.94. The van der Waals surface area contributed by atoms with E-state index in [1.807, 2.05) is 30.3 Å². The van der Waals surface area contributed by atoms with Crippen molar-refractivity contribution in [2.75, 3.05) is 6.61 Å². The number of aromatic nitrogens is 2. The predicted octanol–water partition coefficient (Wildman–Crippen LogP) is 3.33. The summed E-state index contributed by atoms with van der Waals surface area (Å²) in [5.41, 5.74) is 3.48. The second kappa shape index (κ2) is 7.94. The van der Waals surface area contributed by atoms with E-state index < -0.39 is 12.1 Å². The van der Waals surface area contributed by atoms with E-state index in [-0.39, 0.29) is 6.42 Å². The first-order chi connectivity index (χ1) is 12.2. The first-order valence-electron chi connectivity index (χ1n) is 8.52. The summed E-state index contributed by atoms with van der Waals surface area (Å²) in [7, 11) is 0. The van der Waals surface area contributed by atoms with Crippen LogP contribution in [-0.4, -0.2) is 27.7 Å². The number of carbonyl (C=O) groups is 1. The quantitative estimate of drug-likeness (QED) is 0.648. The van der Waals surface area contributed by atoms with Gasteiger partial charge in [-0.05, 0) is 25.0 Å². The van der Waals surface area contributed by atoms with Crippen molar-refractivity contribution in [3.8, 4) is 0 Å². The standard InChI is InChI=1S/C20H22N2O3/c1-2-25-19(24)13-17(23)15-9-6-10-16-20(15)22-18(21-16)12-11-14-7-4-3-5-8-14/h3-10,17,23H,2,11-13H2,1H3,(H,21,22). The number of aliphatic hydroxyl groups excluding tert-OH is 1. The van der Waals surface area contributed by atoms with Gasteiger partial charge in [-0.25, -0.2) is 4.98 Å². The van der Waals surface area contributed by atoms with E-state index in [1.54, 1.807) is 13.0 Å². The number of ether oxygens (including phenoxy) is 1. The summed E-state index contributed by atoms with van der Waals surface area (Å²) in [6, 6.07) is 15.8. The van der Waals surface area contributed by atoms with Crippen LogP contribution in [-0.2, 0) is 22.4 Å². The number of hydrogen-bond donors (Lipinski definition) is 2. The number of imidazole rings is 1. The van der Waals surface area contributed by atoms with Gasteiger partial charge in [-0.3, -0.25) is 4.79 Å². The number of hydrogen-bond acceptors (Lipinski definition) is 4. The van der Waals surface area contributed by atoms with Crippen molar-refractivity contribution in [3.63, 3.8) is 0 Å². The zero-order chi connectivity index (χ0) is 17.6. The van der Waals surface area contributed by atoms with Crippen LogP contribution in [0.25, 0.3) is 11.0 Å². The zero-order valence-electron chi connectivity index (χ0n) is 14.2. The fourth-order valence-corrected chi connectivity index (χ4v) is 2.89. The molecule has 1 heterocycles. The van der Waals surface area contributed by atoms with Crippen LogP contribution in [0.15, 0.2) is 48.5 Å². The molecule has 0 spiro atoms. The van der Waals surface area contributed by atoms with Gasteiger partial charge in [-0.2, -0.15) is 0 Å². The molecule has 130 valence electrons. The molecule has 0 aliphatic rings. The van der Waals surface area contributed by atoms with Gasteiger partial charge in [0.05, 0.1) is 30.2 Å². The van der Waals surface area contributed by atoms with Crippen LogP contribution in [0, 0.1) is 0 Å². The molecule has 5 heteroatoms. The molecule has 0 aliphatic carbocycles. The van der Waals surface area contributed by atoms with Crippen LogP contribution in [0.2, 0.25) is 0 Å². The molecule has 0 bridgehead atoms. The second-order valence-electron chi connectivity index (χ2n) is 5.94. The number of esters is 1. The van der Waals surface area contributed by atoms with Crippen LogP contribution in [0.1, 0.15) is 36.4 Å². The molecule has 25 heavy (non-hydrogen) atoms. The average Bonchev–Trinajstić information content (AvgIpc) is 3.04. The number of benzene rings is 2. The number of fused-ring (bicyclic) bond motifs is 1. The van der Waals surface area contributed by atoms with Gasteiger partial charge in [0.15, 0.2) is 0 Å². The Morgan fingerprint density at radius 3 is 2.72 bits per heavy atom. The van der Waals surface area contributed by atoms with Crippen molar-refractivity contribution in [1.82, 2.24) is 9.97 Å². The molecule has 1 aromatic heterocycles. The minimum Gasteiger partial charge on any atom is -0.466 e. The Hall–Kier alpha value is -2.66. The van der Waals surface area contributed by atoms with Crippen LogP contribution < -0.4 is 0 Å². The van der Waals surface area contributed by atoms with Crippen molar-refractivity contribution in [1.29, 1.82) is 0 Å². The summed E-state index contributed by atoms with van der Waals surface area (Å²) in [5.74, 6) is 0.460. The third-order valence-corrected chi connectivity index (χ3v) is 4.11. The third kappa shape index (κ3) is 4.25. The van der Waals surface area contributed by atoms with E-state index in [9.17, 15) is 9.90 Å². The van der Waals surface area contributed by atoms with Crippen molar-refractivity contribution >= 4 is 17.0 Å². The number of aromatic amines is 1. The van der Waals surface area contributed by atoms with E-state index >= 15 is 0 Å². The molecule has 3 aromatic rings. The largest absolute Gasteiger partial charge is 0.466 e. The third-order valence-electron chi connectivity index (χ3n) is 4.11. The molecule has 0 saturated heterocycles. The van der Waals surface area contributed by atoms with Crippen molar-refractivity contribution < 1.29 is 14.6 Å². The number of aliphatic hydroxyl groups is 1. The summed E-state index contributed by atoms with van der Waals surface area (Å²) in [6.45, 7) is 2.06. The van der Waals surface area contributed by atoms with Gasteiger partial charge in [-0.15, -0.1) is 0 Å². The Bertz CT molecular complexity index is 843. The Kier molecular flexibility index (Phi) is 5.46. The highest BCUT2D eigenvalue weighted by Gasteiger charge is 2.18. The number of nitrogens with one attached hydrogen (secondary N) is 1. The molecular formula is C20H22N2O3. The zero-order valence-corrected chi connectivity index (χ0v) is 14.2. The Balaban J connectivity index is 1.77. The van der Waals surface area contributed by atoms with Crippen molar-refractivity contribution in [2.24, 2.45) is 0 Å². The lowest BCUT2D eigenvalue weighted by molar-refractivity contribution is -0.145. The van der Waals surface area contributed by atoms with Gasteiger partial charge in [0.25, 0.3) is 0 Å². The Morgan fingerprint density at radius 1 is 1.16 bits per heavy atom. The molecule has 2 aromatic carbocycles. The summed E-state index contributed by atoms with van der Waals surface area (Å²) in [6.07, 6.45) is 0.681. The Labute approximate surface area is 146 Å². The summed E-state index contributed by atoms with van der Waals surface area (Å²) in [5, 5.41) is 10.4. The van der Waals surface area contributed by atoms with E-state index in [2.05, 4.69) is 22.1 Å². The topological polar surface area (TPSA) is 75.2 Å². The average molecular weight is 338 g/mol. The number of aryl methyl sites for hydroxylation is 2. The lowest BCUT2D eigenvalue weighted by Crippen LogP contribution is -2.10. The molecular weight excluding hydrogens is 316 g/mol. The van der Waals surface area contributed by atoms with E-state index in [0.29, 0.717) is 17.7 Å². The van der Waals surface area contributed by atoms with E-state index in [1.165, 1.54) is 5.56 Å². The smallest absolute Gasteiger partial charge is 0.308 e. The number of para-hydroxylation sites is 1. The molecule has 2 N–H and O–H groups in total. The molecule has 0 saturated carbocycles. The van der Waals surface area contributed by atoms with E-state index in [0.717, 1.165) is 24.2 Å². The molecule has 0 amide bonds. The summed E-state index contributed by atoms with van der Waals surface area (Å²) in [4.78, 5) is 19.6. The van der Waals surface area contributed by atoms with Gasteiger partial charge in [0, 0.05) is 12.0 Å². The number of nitrogens with zero attached hydrogens (tertiary/aromatic N) is 1. The lowest BCUT2D eigenvalue weighted by Gasteiger charge is -2.10.